The number of benzene rings is 1. The molecule has 0 saturated carbocycles. The SMILES string of the molecule is CC1(C)C=CC2=C(C1)N(c1ccccc1)C(N)C=C2. The summed E-state index contributed by atoms with van der Waals surface area (Å²) in [5.41, 5.74) is 10.3. The predicted molar refractivity (Wildman–Crippen MR) is 80.6 cm³/mol. The van der Waals surface area contributed by atoms with Gasteiger partial charge in [0.15, 0.2) is 0 Å². The van der Waals surface area contributed by atoms with Crippen LogP contribution in [0.3, 0.4) is 0 Å². The zero-order valence-corrected chi connectivity index (χ0v) is 11.5. The molecule has 0 spiro atoms. The Morgan fingerprint density at radius 3 is 2.63 bits per heavy atom. The van der Waals surface area contributed by atoms with Crippen molar-refractivity contribution in [3.05, 3.63) is 65.9 Å². The highest BCUT2D eigenvalue weighted by atomic mass is 15.2. The Bertz CT molecular complexity index is 564. The number of rotatable bonds is 1. The van der Waals surface area contributed by atoms with Crippen molar-refractivity contribution in [3.63, 3.8) is 0 Å². The number of allylic oxidation sites excluding steroid dienone is 5. The molecule has 3 rings (SSSR count). The van der Waals surface area contributed by atoms with Crippen LogP contribution >= 0.6 is 0 Å². The summed E-state index contributed by atoms with van der Waals surface area (Å²) in [6.45, 7) is 4.53. The first-order chi connectivity index (χ1) is 9.07. The van der Waals surface area contributed by atoms with Crippen LogP contribution in [0, 0.1) is 5.41 Å². The molecule has 2 nitrogen and oxygen atoms in total. The van der Waals surface area contributed by atoms with Crippen molar-refractivity contribution in [1.82, 2.24) is 0 Å². The van der Waals surface area contributed by atoms with Gasteiger partial charge in [0.2, 0.25) is 0 Å². The number of hydrogen-bond acceptors (Lipinski definition) is 2. The van der Waals surface area contributed by atoms with Gasteiger partial charge >= 0.3 is 0 Å². The molecule has 98 valence electrons. The van der Waals surface area contributed by atoms with Crippen LogP contribution in [0.5, 0.6) is 0 Å². The number of anilines is 1. The molecule has 1 heterocycles. The quantitative estimate of drug-likeness (QED) is 0.827. The van der Waals surface area contributed by atoms with E-state index in [0.29, 0.717) is 0 Å². The van der Waals surface area contributed by atoms with Gasteiger partial charge in [0.05, 0.1) is 0 Å². The van der Waals surface area contributed by atoms with Gasteiger partial charge in [0.25, 0.3) is 0 Å². The van der Waals surface area contributed by atoms with Crippen LogP contribution in [-0.2, 0) is 0 Å². The van der Waals surface area contributed by atoms with Crippen molar-refractivity contribution >= 4 is 5.69 Å². The van der Waals surface area contributed by atoms with Crippen LogP contribution in [0.25, 0.3) is 0 Å². The molecule has 2 N–H and O–H groups in total. The minimum Gasteiger partial charge on any atom is -0.325 e. The van der Waals surface area contributed by atoms with Crippen LogP contribution in [0.15, 0.2) is 65.9 Å². The third kappa shape index (κ3) is 2.24. The first-order valence-electron chi connectivity index (χ1n) is 6.77. The van der Waals surface area contributed by atoms with Gasteiger partial charge in [-0.3, -0.25) is 0 Å². The van der Waals surface area contributed by atoms with E-state index in [1.165, 1.54) is 11.3 Å². The predicted octanol–water partition coefficient (Wildman–Crippen LogP) is 3.59. The zero-order chi connectivity index (χ0) is 13.5. The van der Waals surface area contributed by atoms with Gasteiger partial charge in [-0.25, -0.2) is 0 Å². The molecule has 0 saturated heterocycles. The van der Waals surface area contributed by atoms with E-state index in [1.54, 1.807) is 0 Å². The minimum atomic E-state index is -0.0801. The topological polar surface area (TPSA) is 29.3 Å². The Morgan fingerprint density at radius 2 is 1.89 bits per heavy atom. The fraction of sp³-hybridized carbons (Fsp3) is 0.294. The summed E-state index contributed by atoms with van der Waals surface area (Å²) in [6.07, 6.45) is 9.65. The third-order valence-corrected chi connectivity index (χ3v) is 3.77. The number of para-hydroxylation sites is 1. The number of hydrogen-bond donors (Lipinski definition) is 1. The lowest BCUT2D eigenvalue weighted by Gasteiger charge is -2.40. The van der Waals surface area contributed by atoms with E-state index < -0.39 is 0 Å². The van der Waals surface area contributed by atoms with E-state index >= 15 is 0 Å². The average molecular weight is 252 g/mol. The van der Waals surface area contributed by atoms with Gasteiger partial charge in [-0.2, -0.15) is 0 Å². The summed E-state index contributed by atoms with van der Waals surface area (Å²) in [5.74, 6) is 0. The molecule has 2 aliphatic rings. The lowest BCUT2D eigenvalue weighted by molar-refractivity contribution is 0.455. The molecule has 1 atom stereocenters. The third-order valence-electron chi connectivity index (χ3n) is 3.77. The van der Waals surface area contributed by atoms with Gasteiger partial charge in [0, 0.05) is 11.4 Å². The molecule has 1 aromatic carbocycles. The van der Waals surface area contributed by atoms with Crippen LogP contribution in [0.2, 0.25) is 0 Å². The molecule has 1 aliphatic heterocycles. The van der Waals surface area contributed by atoms with Crippen molar-refractivity contribution in [2.75, 3.05) is 4.90 Å². The van der Waals surface area contributed by atoms with Crippen LogP contribution in [0.1, 0.15) is 20.3 Å². The number of nitrogens with zero attached hydrogens (tertiary/aromatic N) is 1. The highest BCUT2D eigenvalue weighted by Gasteiger charge is 2.30. The van der Waals surface area contributed by atoms with E-state index in [0.717, 1.165) is 12.1 Å². The Morgan fingerprint density at radius 1 is 1.16 bits per heavy atom. The smallest absolute Gasteiger partial charge is 0.101 e. The van der Waals surface area contributed by atoms with Gasteiger partial charge in [-0.05, 0) is 35.6 Å². The molecule has 2 heteroatoms. The lowest BCUT2D eigenvalue weighted by atomic mass is 9.80. The van der Waals surface area contributed by atoms with Crippen LogP contribution in [-0.4, -0.2) is 6.17 Å². The molecular weight excluding hydrogens is 232 g/mol. The van der Waals surface area contributed by atoms with Crippen molar-refractivity contribution in [2.45, 2.75) is 26.4 Å². The largest absolute Gasteiger partial charge is 0.325 e. The van der Waals surface area contributed by atoms with Gasteiger partial charge in [-0.1, -0.05) is 50.3 Å². The first-order valence-corrected chi connectivity index (χ1v) is 6.77. The fourth-order valence-electron chi connectivity index (χ4n) is 2.76. The second-order valence-corrected chi connectivity index (χ2v) is 5.96. The number of nitrogens with two attached hydrogens (primary N) is 1. The summed E-state index contributed by atoms with van der Waals surface area (Å²) < 4.78 is 0. The maximum Gasteiger partial charge on any atom is 0.101 e. The van der Waals surface area contributed by atoms with Crippen molar-refractivity contribution in [2.24, 2.45) is 11.1 Å². The second-order valence-electron chi connectivity index (χ2n) is 5.96. The van der Waals surface area contributed by atoms with E-state index in [4.69, 9.17) is 5.73 Å². The van der Waals surface area contributed by atoms with Gasteiger partial charge in [0.1, 0.15) is 6.17 Å². The Balaban J connectivity index is 2.06. The molecule has 0 aromatic heterocycles. The van der Waals surface area contributed by atoms with Crippen molar-refractivity contribution < 1.29 is 0 Å². The van der Waals surface area contributed by atoms with E-state index in [2.05, 4.69) is 67.3 Å². The monoisotopic (exact) mass is 252 g/mol. The summed E-state index contributed by atoms with van der Waals surface area (Å²) in [5, 5.41) is 0. The van der Waals surface area contributed by atoms with Crippen molar-refractivity contribution in [3.8, 4) is 0 Å². The summed E-state index contributed by atoms with van der Waals surface area (Å²) in [7, 11) is 0. The molecule has 1 unspecified atom stereocenters. The second kappa shape index (κ2) is 4.39. The first kappa shape index (κ1) is 12.2. The van der Waals surface area contributed by atoms with Crippen LogP contribution < -0.4 is 10.6 Å². The highest BCUT2D eigenvalue weighted by Crippen LogP contribution is 2.39. The maximum absolute atomic E-state index is 6.29. The Labute approximate surface area is 114 Å². The zero-order valence-electron chi connectivity index (χ0n) is 11.5. The minimum absolute atomic E-state index is 0.0801. The summed E-state index contributed by atoms with van der Waals surface area (Å²) >= 11 is 0. The molecule has 0 fully saturated rings. The standard InChI is InChI=1S/C17H20N2/c1-17(2)11-10-13-8-9-16(18)19(15(13)12-17)14-6-4-3-5-7-14/h3-11,16H,12,18H2,1-2H3. The Hall–Kier alpha value is -1.80. The molecule has 0 radical (unpaired) electrons. The van der Waals surface area contributed by atoms with Gasteiger partial charge in [-0.15, -0.1) is 0 Å². The van der Waals surface area contributed by atoms with E-state index in [-0.39, 0.29) is 11.6 Å². The molecule has 1 aliphatic carbocycles. The highest BCUT2D eigenvalue weighted by molar-refractivity contribution is 5.60. The van der Waals surface area contributed by atoms with Gasteiger partial charge < -0.3 is 10.6 Å². The Kier molecular flexibility index (Phi) is 2.83. The fourth-order valence-corrected chi connectivity index (χ4v) is 2.76. The molecule has 19 heavy (non-hydrogen) atoms. The molecule has 0 amide bonds. The maximum atomic E-state index is 6.29. The average Bonchev–Trinajstić information content (AvgIpc) is 2.38. The van der Waals surface area contributed by atoms with Crippen molar-refractivity contribution in [1.29, 1.82) is 0 Å². The molecule has 0 bridgehead atoms. The summed E-state index contributed by atoms with van der Waals surface area (Å²) in [6, 6.07) is 10.4. The lowest BCUT2D eigenvalue weighted by Crippen LogP contribution is -2.43. The normalized spacial score (nSPS) is 24.6. The summed E-state index contributed by atoms with van der Waals surface area (Å²) in [4.78, 5) is 2.25. The molecular formula is C17H20N2. The van der Waals surface area contributed by atoms with Crippen LogP contribution in [0.4, 0.5) is 5.69 Å². The van der Waals surface area contributed by atoms with E-state index in [1.807, 2.05) is 6.07 Å². The van der Waals surface area contributed by atoms with E-state index in [9.17, 15) is 0 Å². The molecule has 1 aromatic rings.